The van der Waals surface area contributed by atoms with Crippen LogP contribution in [0.4, 0.5) is 4.79 Å². The molecular formula is C20H24N2O2. The van der Waals surface area contributed by atoms with Gasteiger partial charge in [0.05, 0.1) is 18.2 Å². The lowest BCUT2D eigenvalue weighted by atomic mass is 9.90. The first-order valence-corrected chi connectivity index (χ1v) is 8.44. The Morgan fingerprint density at radius 1 is 1.00 bits per heavy atom. The van der Waals surface area contributed by atoms with Gasteiger partial charge in [-0.3, -0.25) is 0 Å². The number of aryl methyl sites for hydroxylation is 1. The number of carbonyl (C=O) groups excluding carboxylic acids is 1. The van der Waals surface area contributed by atoms with Gasteiger partial charge in [0.25, 0.3) is 0 Å². The minimum Gasteiger partial charge on any atom is -0.389 e. The van der Waals surface area contributed by atoms with Gasteiger partial charge in [-0.2, -0.15) is 0 Å². The van der Waals surface area contributed by atoms with E-state index in [-0.39, 0.29) is 18.1 Å². The number of aliphatic hydroxyl groups excluding tert-OH is 1. The predicted molar refractivity (Wildman–Crippen MR) is 94.8 cm³/mol. The van der Waals surface area contributed by atoms with Crippen LogP contribution >= 0.6 is 0 Å². The lowest BCUT2D eigenvalue weighted by molar-refractivity contribution is 0.0225. The van der Waals surface area contributed by atoms with E-state index >= 15 is 0 Å². The maximum atomic E-state index is 12.3. The fraction of sp³-hybridized carbons (Fsp3) is 0.350. The number of hydrogen-bond acceptors (Lipinski definition) is 2. The Morgan fingerprint density at radius 3 is 2.21 bits per heavy atom. The van der Waals surface area contributed by atoms with E-state index in [1.165, 1.54) is 5.56 Å². The highest BCUT2D eigenvalue weighted by Gasteiger charge is 2.38. The minimum absolute atomic E-state index is 0.112. The van der Waals surface area contributed by atoms with Crippen LogP contribution in [0, 0.1) is 0 Å². The summed E-state index contributed by atoms with van der Waals surface area (Å²) in [5.41, 5.74) is 2.35. The number of urea groups is 1. The molecule has 2 aromatic rings. The van der Waals surface area contributed by atoms with Gasteiger partial charge < -0.3 is 15.3 Å². The van der Waals surface area contributed by atoms with Gasteiger partial charge in [-0.1, -0.05) is 60.7 Å². The maximum absolute atomic E-state index is 12.3. The first-order valence-electron chi connectivity index (χ1n) is 8.44. The summed E-state index contributed by atoms with van der Waals surface area (Å²) in [6.45, 7) is 0. The molecular weight excluding hydrogens is 300 g/mol. The largest absolute Gasteiger partial charge is 0.389 e. The average Bonchev–Trinajstić information content (AvgIpc) is 2.62. The summed E-state index contributed by atoms with van der Waals surface area (Å²) < 4.78 is 0. The van der Waals surface area contributed by atoms with Crippen molar-refractivity contribution in [3.05, 3.63) is 71.8 Å². The van der Waals surface area contributed by atoms with E-state index in [0.29, 0.717) is 6.42 Å². The Kier molecular flexibility index (Phi) is 5.16. The topological polar surface area (TPSA) is 52.6 Å². The first kappa shape index (κ1) is 16.5. The van der Waals surface area contributed by atoms with Crippen LogP contribution in [0.1, 0.15) is 17.5 Å². The van der Waals surface area contributed by atoms with Gasteiger partial charge in [-0.05, 0) is 30.4 Å². The summed E-state index contributed by atoms with van der Waals surface area (Å²) in [5, 5.41) is 13.7. The molecule has 0 unspecified atom stereocenters. The molecule has 0 radical (unpaired) electrons. The van der Waals surface area contributed by atoms with Crippen LogP contribution in [-0.2, 0) is 12.8 Å². The average molecular weight is 324 g/mol. The van der Waals surface area contributed by atoms with Crippen molar-refractivity contribution in [3.63, 3.8) is 0 Å². The molecule has 1 aliphatic heterocycles. The first-order chi connectivity index (χ1) is 11.6. The van der Waals surface area contributed by atoms with Crippen LogP contribution in [-0.4, -0.2) is 41.3 Å². The monoisotopic (exact) mass is 324 g/mol. The van der Waals surface area contributed by atoms with Crippen molar-refractivity contribution >= 4 is 6.03 Å². The predicted octanol–water partition coefficient (Wildman–Crippen LogP) is 2.62. The molecule has 0 saturated carbocycles. The molecule has 126 valence electrons. The van der Waals surface area contributed by atoms with Gasteiger partial charge in [0.2, 0.25) is 0 Å². The number of carbonyl (C=O) groups is 1. The van der Waals surface area contributed by atoms with E-state index in [4.69, 9.17) is 0 Å². The molecule has 1 fully saturated rings. The normalized spacial score (nSPS) is 23.8. The zero-order chi connectivity index (χ0) is 16.9. The fourth-order valence-electron chi connectivity index (χ4n) is 3.32. The van der Waals surface area contributed by atoms with Crippen LogP contribution in [0.5, 0.6) is 0 Å². The number of likely N-dealkylation sites (N-methyl/N-ethyl adjacent to an activating group) is 1. The van der Waals surface area contributed by atoms with Gasteiger partial charge in [-0.25, -0.2) is 4.79 Å². The fourth-order valence-corrected chi connectivity index (χ4v) is 3.32. The van der Waals surface area contributed by atoms with E-state index < -0.39 is 6.10 Å². The van der Waals surface area contributed by atoms with Gasteiger partial charge in [0, 0.05) is 7.05 Å². The SMILES string of the molecule is CN1C(=O)N[C@H](CCc2ccccc2)[C@@H](O)[C@H]1Cc1ccccc1. The third-order valence-corrected chi connectivity index (χ3v) is 4.81. The lowest BCUT2D eigenvalue weighted by Gasteiger charge is -2.42. The lowest BCUT2D eigenvalue weighted by Crippen LogP contribution is -2.64. The molecule has 4 nitrogen and oxygen atoms in total. The van der Waals surface area contributed by atoms with E-state index in [2.05, 4.69) is 17.4 Å². The van der Waals surface area contributed by atoms with Crippen molar-refractivity contribution in [3.8, 4) is 0 Å². The van der Waals surface area contributed by atoms with Gasteiger partial charge in [0.15, 0.2) is 0 Å². The number of nitrogens with one attached hydrogen (secondary N) is 1. The van der Waals surface area contributed by atoms with Gasteiger partial charge in [0.1, 0.15) is 0 Å². The van der Waals surface area contributed by atoms with Crippen LogP contribution in [0.25, 0.3) is 0 Å². The molecule has 2 amide bonds. The molecule has 0 aliphatic carbocycles. The molecule has 2 N–H and O–H groups in total. The highest BCUT2D eigenvalue weighted by molar-refractivity contribution is 5.76. The second kappa shape index (κ2) is 7.49. The molecule has 1 aliphatic rings. The number of aliphatic hydroxyl groups is 1. The Morgan fingerprint density at radius 2 is 1.58 bits per heavy atom. The van der Waals surface area contributed by atoms with Gasteiger partial charge in [-0.15, -0.1) is 0 Å². The van der Waals surface area contributed by atoms with Crippen molar-refractivity contribution < 1.29 is 9.90 Å². The third-order valence-electron chi connectivity index (χ3n) is 4.81. The van der Waals surface area contributed by atoms with Crippen molar-refractivity contribution in [2.24, 2.45) is 0 Å². The number of nitrogens with zero attached hydrogens (tertiary/aromatic N) is 1. The second-order valence-corrected chi connectivity index (χ2v) is 6.44. The molecule has 0 bridgehead atoms. The summed E-state index contributed by atoms with van der Waals surface area (Å²) in [7, 11) is 1.75. The Bertz CT molecular complexity index is 660. The van der Waals surface area contributed by atoms with E-state index in [0.717, 1.165) is 18.4 Å². The smallest absolute Gasteiger partial charge is 0.317 e. The molecule has 1 heterocycles. The Hall–Kier alpha value is -2.33. The molecule has 4 heteroatoms. The quantitative estimate of drug-likeness (QED) is 0.888. The molecule has 1 saturated heterocycles. The van der Waals surface area contributed by atoms with Crippen LogP contribution in [0.15, 0.2) is 60.7 Å². The summed E-state index contributed by atoms with van der Waals surface area (Å²) in [6.07, 6.45) is 1.64. The Balaban J connectivity index is 1.68. The summed E-state index contributed by atoms with van der Waals surface area (Å²) in [4.78, 5) is 13.9. The van der Waals surface area contributed by atoms with Crippen molar-refractivity contribution in [2.45, 2.75) is 37.5 Å². The third kappa shape index (κ3) is 3.77. The number of hydrogen-bond donors (Lipinski definition) is 2. The molecule has 0 aromatic heterocycles. The molecule has 0 spiro atoms. The Labute approximate surface area is 143 Å². The van der Waals surface area contributed by atoms with Crippen molar-refractivity contribution in [1.29, 1.82) is 0 Å². The summed E-state index contributed by atoms with van der Waals surface area (Å²) >= 11 is 0. The number of amides is 2. The minimum atomic E-state index is -0.586. The number of rotatable bonds is 5. The maximum Gasteiger partial charge on any atom is 0.317 e. The standard InChI is InChI=1S/C20H24N2O2/c1-22-18(14-16-10-6-3-7-11-16)19(23)17(21-20(22)24)13-12-15-8-4-2-5-9-15/h2-11,17-19,23H,12-14H2,1H3,(H,21,24)/t17-,18-,19-/m1/s1. The van der Waals surface area contributed by atoms with E-state index in [9.17, 15) is 9.90 Å². The number of benzene rings is 2. The molecule has 24 heavy (non-hydrogen) atoms. The highest BCUT2D eigenvalue weighted by Crippen LogP contribution is 2.21. The summed E-state index contributed by atoms with van der Waals surface area (Å²) in [6, 6.07) is 19.6. The van der Waals surface area contributed by atoms with Crippen LogP contribution < -0.4 is 5.32 Å². The van der Waals surface area contributed by atoms with E-state index in [1.807, 2.05) is 48.5 Å². The van der Waals surface area contributed by atoms with E-state index in [1.54, 1.807) is 11.9 Å². The van der Waals surface area contributed by atoms with Gasteiger partial charge >= 0.3 is 6.03 Å². The van der Waals surface area contributed by atoms with Crippen molar-refractivity contribution in [2.75, 3.05) is 7.05 Å². The molecule has 2 aromatic carbocycles. The zero-order valence-corrected chi connectivity index (χ0v) is 13.9. The second-order valence-electron chi connectivity index (χ2n) is 6.44. The summed E-state index contributed by atoms with van der Waals surface area (Å²) in [5.74, 6) is 0. The highest BCUT2D eigenvalue weighted by atomic mass is 16.3. The van der Waals surface area contributed by atoms with Crippen LogP contribution in [0.3, 0.4) is 0 Å². The zero-order valence-electron chi connectivity index (χ0n) is 13.9. The van der Waals surface area contributed by atoms with Crippen LogP contribution in [0.2, 0.25) is 0 Å². The van der Waals surface area contributed by atoms with Crippen molar-refractivity contribution in [1.82, 2.24) is 10.2 Å². The molecule has 3 atom stereocenters. The molecule has 3 rings (SSSR count).